The average Bonchev–Trinajstić information content (AvgIpc) is 3.19. The molecule has 0 aliphatic heterocycles. The predicted molar refractivity (Wildman–Crippen MR) is 146 cm³/mol. The van der Waals surface area contributed by atoms with Crippen molar-refractivity contribution in [2.24, 2.45) is 23.2 Å². The van der Waals surface area contributed by atoms with Gasteiger partial charge >= 0.3 is 18.0 Å². The van der Waals surface area contributed by atoms with Gasteiger partial charge in [0.2, 0.25) is 0 Å². The Kier molecular flexibility index (Phi) is 10.3. The van der Waals surface area contributed by atoms with E-state index in [4.69, 9.17) is 0 Å². The first kappa shape index (κ1) is 33.7. The predicted octanol–water partition coefficient (Wildman–Crippen LogP) is 7.96. The molecule has 3 N–H and O–H groups in total. The van der Waals surface area contributed by atoms with E-state index >= 15 is 0 Å². The smallest absolute Gasteiger partial charge is 0.390 e. The first-order chi connectivity index (χ1) is 18.8. The maximum atomic E-state index is 13.2. The number of aliphatic hydroxyl groups excluding tert-OH is 1. The van der Waals surface area contributed by atoms with Crippen molar-refractivity contribution in [2.45, 2.75) is 127 Å². The van der Waals surface area contributed by atoms with Crippen LogP contribution in [0.1, 0.15) is 97.8 Å². The number of hydrogen-bond donors (Lipinski definition) is 3. The number of rotatable bonds is 7. The van der Waals surface area contributed by atoms with Crippen LogP contribution in [0.3, 0.4) is 0 Å². The standard InChI is InChI=1S/C32H44F6O3/c1-21-22(9-5-13-27(21)39)14-15-24-11-7-19-29(4)25(16-17-26(24)29)23(10-6-18-28(2,3)40)12-8-20-30(41,31(33,34)35)32(36,37)38/h14-15,23,25-27,39-41H,1,5-7,9-13,16-19H2,2-4H3/b22-14-,24-15+/t23?,25?,26?,27-,29+/m0/s1. The van der Waals surface area contributed by atoms with E-state index in [9.17, 15) is 41.7 Å². The molecule has 232 valence electrons. The van der Waals surface area contributed by atoms with Gasteiger partial charge in [-0.25, -0.2) is 0 Å². The second kappa shape index (κ2) is 12.5. The van der Waals surface area contributed by atoms with Crippen LogP contribution in [0.5, 0.6) is 0 Å². The Morgan fingerprint density at radius 3 is 2.27 bits per heavy atom. The molecule has 9 heteroatoms. The molecule has 41 heavy (non-hydrogen) atoms. The number of hydrogen-bond acceptors (Lipinski definition) is 3. The third kappa shape index (κ3) is 7.61. The molecule has 3 rings (SSSR count). The highest BCUT2D eigenvalue weighted by Crippen LogP contribution is 2.60. The molecule has 0 aromatic carbocycles. The van der Waals surface area contributed by atoms with Crippen molar-refractivity contribution in [1.82, 2.24) is 0 Å². The van der Waals surface area contributed by atoms with Gasteiger partial charge in [0, 0.05) is 6.42 Å². The van der Waals surface area contributed by atoms with Gasteiger partial charge in [0.15, 0.2) is 0 Å². The summed E-state index contributed by atoms with van der Waals surface area (Å²) in [7, 11) is 0. The lowest BCUT2D eigenvalue weighted by Gasteiger charge is -2.45. The van der Waals surface area contributed by atoms with E-state index in [1.54, 1.807) is 13.8 Å². The van der Waals surface area contributed by atoms with Crippen molar-refractivity contribution in [3.8, 4) is 11.8 Å². The van der Waals surface area contributed by atoms with Crippen LogP contribution >= 0.6 is 0 Å². The molecule has 3 aliphatic carbocycles. The van der Waals surface area contributed by atoms with Crippen LogP contribution in [0.2, 0.25) is 0 Å². The largest absolute Gasteiger partial charge is 0.438 e. The molecule has 0 aromatic rings. The van der Waals surface area contributed by atoms with Gasteiger partial charge in [-0.05, 0) is 118 Å². The zero-order chi connectivity index (χ0) is 30.9. The van der Waals surface area contributed by atoms with E-state index in [1.165, 1.54) is 5.57 Å². The first-order valence-electron chi connectivity index (χ1n) is 14.7. The highest BCUT2D eigenvalue weighted by Gasteiger charge is 2.70. The fourth-order valence-corrected chi connectivity index (χ4v) is 7.34. The normalized spacial score (nSPS) is 30.7. The zero-order valence-corrected chi connectivity index (χ0v) is 24.3. The molecule has 3 aliphatic rings. The van der Waals surface area contributed by atoms with Crippen LogP contribution in [0.15, 0.2) is 35.5 Å². The van der Waals surface area contributed by atoms with Gasteiger partial charge in [0.25, 0.3) is 0 Å². The van der Waals surface area contributed by atoms with Crippen molar-refractivity contribution in [3.05, 3.63) is 35.5 Å². The summed E-state index contributed by atoms with van der Waals surface area (Å²) in [5, 5.41) is 29.9. The summed E-state index contributed by atoms with van der Waals surface area (Å²) in [5.41, 5.74) is -3.15. The third-order valence-corrected chi connectivity index (χ3v) is 9.66. The third-order valence-electron chi connectivity index (χ3n) is 9.66. The summed E-state index contributed by atoms with van der Waals surface area (Å²) >= 11 is 0. The van der Waals surface area contributed by atoms with Gasteiger partial charge in [0.05, 0.1) is 11.7 Å². The summed E-state index contributed by atoms with van der Waals surface area (Å²) in [4.78, 5) is 0. The topological polar surface area (TPSA) is 60.7 Å². The highest BCUT2D eigenvalue weighted by atomic mass is 19.4. The SMILES string of the molecule is C=C1/C(=C\C=C2/CCC[C@@]3(C)C2CCC3C(CC#CC(O)(C(F)(F)F)C(F)(F)F)CCCC(C)(C)O)CCC[C@@H]1O. The number of fused-ring (bicyclic) bond motifs is 1. The van der Waals surface area contributed by atoms with Gasteiger partial charge in [-0.2, -0.15) is 26.3 Å². The van der Waals surface area contributed by atoms with Crippen molar-refractivity contribution < 1.29 is 41.7 Å². The fourth-order valence-electron chi connectivity index (χ4n) is 7.34. The number of aliphatic hydroxyl groups is 3. The molecule has 0 saturated heterocycles. The van der Waals surface area contributed by atoms with Gasteiger partial charge in [-0.3, -0.25) is 0 Å². The molecular formula is C32H44F6O3. The van der Waals surface area contributed by atoms with Crippen LogP contribution in [-0.2, 0) is 0 Å². The first-order valence-corrected chi connectivity index (χ1v) is 14.7. The molecule has 3 nitrogen and oxygen atoms in total. The van der Waals surface area contributed by atoms with Crippen molar-refractivity contribution in [1.29, 1.82) is 0 Å². The van der Waals surface area contributed by atoms with E-state index in [0.717, 1.165) is 62.0 Å². The lowest BCUT2D eigenvalue weighted by atomic mass is 9.60. The maximum Gasteiger partial charge on any atom is 0.438 e. The van der Waals surface area contributed by atoms with Crippen LogP contribution in [-0.4, -0.2) is 45.0 Å². The summed E-state index contributed by atoms with van der Waals surface area (Å²) in [6.45, 7) is 9.54. The second-order valence-electron chi connectivity index (χ2n) is 13.1. The van der Waals surface area contributed by atoms with E-state index in [1.807, 2.05) is 0 Å². The molecule has 0 amide bonds. The Morgan fingerprint density at radius 1 is 1.00 bits per heavy atom. The van der Waals surface area contributed by atoms with Crippen LogP contribution < -0.4 is 0 Å². The average molecular weight is 591 g/mol. The van der Waals surface area contributed by atoms with Crippen LogP contribution in [0, 0.1) is 35.0 Å². The van der Waals surface area contributed by atoms with E-state index in [2.05, 4.69) is 31.6 Å². The van der Waals surface area contributed by atoms with Gasteiger partial charge in [-0.1, -0.05) is 43.6 Å². The molecule has 0 aromatic heterocycles. The number of allylic oxidation sites excluding steroid dienone is 3. The van der Waals surface area contributed by atoms with Gasteiger partial charge in [0.1, 0.15) is 0 Å². The van der Waals surface area contributed by atoms with E-state index in [-0.39, 0.29) is 29.6 Å². The molecule has 0 heterocycles. The summed E-state index contributed by atoms with van der Waals surface area (Å²) in [5.74, 6) is 3.23. The molecule has 0 radical (unpaired) electrons. The molecule has 3 saturated carbocycles. The molecule has 3 fully saturated rings. The van der Waals surface area contributed by atoms with Crippen molar-refractivity contribution >= 4 is 0 Å². The molecule has 0 bridgehead atoms. The number of halogens is 6. The molecular weight excluding hydrogens is 546 g/mol. The van der Waals surface area contributed by atoms with Crippen LogP contribution in [0.25, 0.3) is 0 Å². The van der Waals surface area contributed by atoms with Crippen molar-refractivity contribution in [2.75, 3.05) is 0 Å². The van der Waals surface area contributed by atoms with Gasteiger partial charge < -0.3 is 15.3 Å². The van der Waals surface area contributed by atoms with E-state index in [0.29, 0.717) is 25.7 Å². The van der Waals surface area contributed by atoms with E-state index < -0.39 is 29.7 Å². The lowest BCUT2D eigenvalue weighted by Crippen LogP contribution is -2.55. The maximum absolute atomic E-state index is 13.2. The molecule has 0 spiro atoms. The summed E-state index contributed by atoms with van der Waals surface area (Å²) in [6.07, 6.45) is -0.168. The second-order valence-corrected chi connectivity index (χ2v) is 13.1. The minimum atomic E-state index is -5.98. The minimum Gasteiger partial charge on any atom is -0.390 e. The van der Waals surface area contributed by atoms with Gasteiger partial charge in [-0.15, -0.1) is 0 Å². The highest BCUT2D eigenvalue weighted by molar-refractivity contribution is 5.38. The summed E-state index contributed by atoms with van der Waals surface area (Å²) in [6, 6.07) is 0. The zero-order valence-electron chi connectivity index (χ0n) is 24.3. The Bertz CT molecular complexity index is 1050. The monoisotopic (exact) mass is 590 g/mol. The van der Waals surface area contributed by atoms with Crippen LogP contribution in [0.4, 0.5) is 26.3 Å². The Hall–Kier alpha value is -1.76. The molecule has 3 unspecified atom stereocenters. The Labute approximate surface area is 239 Å². The van der Waals surface area contributed by atoms with Crippen molar-refractivity contribution in [3.63, 3.8) is 0 Å². The fraction of sp³-hybridized carbons (Fsp3) is 0.750. The minimum absolute atomic E-state index is 0.0243. The lowest BCUT2D eigenvalue weighted by molar-refractivity contribution is -0.343. The summed E-state index contributed by atoms with van der Waals surface area (Å²) < 4.78 is 79.2. The number of alkyl halides is 6. The molecule has 5 atom stereocenters. The Morgan fingerprint density at radius 2 is 1.66 bits per heavy atom. The Balaban J connectivity index is 1.88. The quantitative estimate of drug-likeness (QED) is 0.208.